The number of nitrogens with zero attached hydrogens (tertiary/aromatic N) is 15. The molecule has 85 heavy (non-hydrogen) atoms. The maximum Gasteiger partial charge on any atom is 0.315 e. The van der Waals surface area contributed by atoms with Crippen molar-refractivity contribution in [2.45, 2.75) is 136 Å². The summed E-state index contributed by atoms with van der Waals surface area (Å²) >= 11 is 3.56. The second-order valence-corrected chi connectivity index (χ2v) is 25.3. The van der Waals surface area contributed by atoms with Crippen LogP contribution in [0.15, 0.2) is 95.5 Å². The highest BCUT2D eigenvalue weighted by atomic mass is 79.9. The number of methoxy groups -OCH3 is 1. The molecule has 0 spiro atoms. The van der Waals surface area contributed by atoms with Crippen LogP contribution in [-0.4, -0.2) is 98.5 Å². The van der Waals surface area contributed by atoms with Crippen LogP contribution in [0.3, 0.4) is 0 Å². The van der Waals surface area contributed by atoms with E-state index in [1.807, 2.05) is 94.5 Å². The molecule has 3 aliphatic carbocycles. The third-order valence-electron chi connectivity index (χ3n) is 17.1. The molecule has 0 aliphatic heterocycles. The first-order valence-electron chi connectivity index (χ1n) is 29.1. The predicted molar refractivity (Wildman–Crippen MR) is 332 cm³/mol. The molecule has 9 heterocycles. The van der Waals surface area contributed by atoms with Gasteiger partial charge in [0, 0.05) is 61.4 Å². The number of esters is 1. The van der Waals surface area contributed by atoms with Crippen molar-refractivity contribution in [2.75, 3.05) is 13.7 Å². The van der Waals surface area contributed by atoms with Crippen LogP contribution in [0.1, 0.15) is 146 Å². The summed E-state index contributed by atoms with van der Waals surface area (Å²) in [7, 11) is 1.41. The van der Waals surface area contributed by atoms with E-state index >= 15 is 0 Å². The summed E-state index contributed by atoms with van der Waals surface area (Å²) in [6.45, 7) is 19.9. The van der Waals surface area contributed by atoms with Gasteiger partial charge in [0.25, 0.3) is 0 Å². The number of aliphatic hydroxyl groups excluding tert-OH is 1. The monoisotopic (exact) mass is 1200 g/mol. The Labute approximate surface area is 499 Å². The Bertz CT molecular complexity index is 4690. The number of carbonyl (C=O) groups excluding carboxylic acids is 1. The molecule has 0 unspecified atom stereocenters. The third kappa shape index (κ3) is 10.1. The van der Waals surface area contributed by atoms with Crippen molar-refractivity contribution < 1.29 is 14.6 Å². The lowest BCUT2D eigenvalue weighted by Crippen LogP contribution is -2.30. The van der Waals surface area contributed by atoms with Crippen LogP contribution in [0.5, 0.6) is 0 Å². The van der Waals surface area contributed by atoms with E-state index in [1.165, 1.54) is 45.6 Å². The van der Waals surface area contributed by atoms with E-state index in [4.69, 9.17) is 29.7 Å². The molecule has 1 N–H and O–H groups in total. The van der Waals surface area contributed by atoms with Gasteiger partial charge in [-0.2, -0.15) is 0 Å². The average Bonchev–Trinajstić information content (AvgIpc) is 2.30. The van der Waals surface area contributed by atoms with Crippen molar-refractivity contribution in [2.24, 2.45) is 0 Å². The minimum atomic E-state index is -0.783. The highest BCUT2D eigenvalue weighted by Crippen LogP contribution is 2.43. The third-order valence-corrected chi connectivity index (χ3v) is 17.6. The molecule has 15 rings (SSSR count). The summed E-state index contributed by atoms with van der Waals surface area (Å²) < 4.78 is 12.1. The van der Waals surface area contributed by atoms with Crippen LogP contribution in [-0.2, 0) is 20.4 Å². The largest absolute Gasteiger partial charge is 0.468 e. The first kappa shape index (κ1) is 55.6. The van der Waals surface area contributed by atoms with Gasteiger partial charge in [-0.15, -0.1) is 30.6 Å². The van der Waals surface area contributed by atoms with Gasteiger partial charge in [0.15, 0.2) is 51.4 Å². The van der Waals surface area contributed by atoms with Gasteiger partial charge in [0.1, 0.15) is 16.6 Å². The normalized spacial score (nSPS) is 14.6. The van der Waals surface area contributed by atoms with Gasteiger partial charge in [-0.1, -0.05) is 60.1 Å². The topological polar surface area (TPSA) is 214 Å². The zero-order valence-electron chi connectivity index (χ0n) is 49.7. The van der Waals surface area contributed by atoms with Gasteiger partial charge in [-0.25, -0.2) is 29.9 Å². The number of aromatic nitrogens is 15. The van der Waals surface area contributed by atoms with E-state index in [9.17, 15) is 9.90 Å². The number of aryl methyl sites for hydroxylation is 6. The molecule has 3 saturated carbocycles. The molecule has 0 amide bonds. The second-order valence-electron chi connectivity index (χ2n) is 24.4. The van der Waals surface area contributed by atoms with Crippen molar-refractivity contribution in [3.8, 4) is 34.2 Å². The van der Waals surface area contributed by atoms with Gasteiger partial charge < -0.3 is 9.84 Å². The highest BCUT2D eigenvalue weighted by molar-refractivity contribution is 9.10. The molecule has 12 aromatic rings. The number of aliphatic hydroxyl groups is 1. The van der Waals surface area contributed by atoms with E-state index in [1.54, 1.807) is 0 Å². The minimum Gasteiger partial charge on any atom is -0.468 e. The molecule has 3 fully saturated rings. The molecule has 18 nitrogen and oxygen atoms in total. The number of hydrogen-bond acceptors (Lipinski definition) is 15. The quantitative estimate of drug-likeness (QED) is 0.126. The van der Waals surface area contributed by atoms with E-state index < -0.39 is 5.41 Å². The van der Waals surface area contributed by atoms with Crippen LogP contribution < -0.4 is 0 Å². The lowest BCUT2D eigenvalue weighted by atomic mass is 9.83. The van der Waals surface area contributed by atoms with Crippen molar-refractivity contribution in [1.82, 2.24) is 73.7 Å². The fraction of sp³-hybridized carbons (Fsp3) is 0.348. The standard InChI is InChI=1S/C24H25N5O2.C23H25N5O.C19H16BrN5/c1-13-6-9-16(24(3,4)23(30)31-5)12-17(13)21-28-27-20-14(2)25-19-11-10-18(15-7-8-15)26-22(19)29(20)21;1-13-5-8-16(23(3,4)12-29)11-17(13)21-27-26-20-14(2)24-19-10-9-18(15-6-7-15)25-22(19)28(20)21;1-10-3-6-13(20)9-14(10)18-24-23-17-11(2)21-16-8-7-15(12-4-5-12)22-19(16)25(17)18/h6,9-12,15H,7-8H2,1-5H3;5,8-11,15,29H,6-7,12H2,1-4H3;3,6-9,12H,4-5H2,1-2H3. The van der Waals surface area contributed by atoms with Gasteiger partial charge in [0.05, 0.1) is 36.2 Å². The number of benzene rings is 3. The van der Waals surface area contributed by atoms with Crippen LogP contribution in [0.2, 0.25) is 0 Å². The molecule has 0 saturated heterocycles. The average molecular weight is 1200 g/mol. The first-order valence-corrected chi connectivity index (χ1v) is 29.9. The summed E-state index contributed by atoms with van der Waals surface area (Å²) in [5.74, 6) is 3.68. The molecule has 3 aliphatic rings. The summed E-state index contributed by atoms with van der Waals surface area (Å²) in [6.07, 6.45) is 7.21. The molecule has 9 aromatic heterocycles. The molecule has 430 valence electrons. The minimum absolute atomic E-state index is 0.0777. The Balaban J connectivity index is 0.000000119. The molecular formula is C66H66BrN15O3. The van der Waals surface area contributed by atoms with E-state index in [0.29, 0.717) is 29.2 Å². The van der Waals surface area contributed by atoms with Gasteiger partial charge >= 0.3 is 5.97 Å². The Hall–Kier alpha value is -8.55. The van der Waals surface area contributed by atoms with Crippen LogP contribution in [0.4, 0.5) is 0 Å². The van der Waals surface area contributed by atoms with Crippen molar-refractivity contribution >= 4 is 72.3 Å². The molecule has 19 heteroatoms. The number of hydrogen-bond donors (Lipinski definition) is 1. The van der Waals surface area contributed by atoms with Crippen molar-refractivity contribution in [1.29, 1.82) is 0 Å². The first-order chi connectivity index (χ1) is 40.8. The molecular weight excluding hydrogens is 1130 g/mol. The summed E-state index contributed by atoms with van der Waals surface area (Å²) in [6, 6.07) is 30.9. The summed E-state index contributed by atoms with van der Waals surface area (Å²) in [5, 5.41) is 36.7. The molecule has 3 aromatic carbocycles. The smallest absolute Gasteiger partial charge is 0.315 e. The van der Waals surface area contributed by atoms with E-state index in [2.05, 4.69) is 130 Å². The number of carbonyl (C=O) groups is 1. The lowest BCUT2D eigenvalue weighted by Gasteiger charge is -2.23. The SMILES string of the molecule is COC(=O)C(C)(C)c1ccc(C)c(-c2nnc3c(C)nc4ccc(C5CC5)nc4n23)c1.Cc1ccc(Br)cc1-c1nnc2c(C)nc3ccc(C4CC4)nc3n12.Cc1ccc(C(C)(C)CO)cc1-c1nnc2c(C)nc3ccc(C4CC4)nc3n12. The van der Waals surface area contributed by atoms with Crippen LogP contribution in [0, 0.1) is 41.5 Å². The fourth-order valence-corrected chi connectivity index (χ4v) is 11.5. The predicted octanol–water partition coefficient (Wildman–Crippen LogP) is 13.0. The number of fused-ring (bicyclic) bond motifs is 9. The number of halogens is 1. The van der Waals surface area contributed by atoms with E-state index in [-0.39, 0.29) is 18.0 Å². The van der Waals surface area contributed by atoms with Gasteiger partial charge in [-0.05, 0) is 182 Å². The van der Waals surface area contributed by atoms with Crippen molar-refractivity contribution in [3.05, 3.63) is 157 Å². The summed E-state index contributed by atoms with van der Waals surface area (Å²) in [4.78, 5) is 41.3. The summed E-state index contributed by atoms with van der Waals surface area (Å²) in [5.41, 5.74) is 20.1. The number of rotatable bonds is 10. The Morgan fingerprint density at radius 3 is 1.20 bits per heavy atom. The van der Waals surface area contributed by atoms with Crippen LogP contribution in [0.25, 0.3) is 84.6 Å². The maximum absolute atomic E-state index is 12.4. The molecule has 0 atom stereocenters. The molecule has 0 radical (unpaired) electrons. The highest BCUT2D eigenvalue weighted by Gasteiger charge is 2.33. The second kappa shape index (κ2) is 21.2. The van der Waals surface area contributed by atoms with Crippen molar-refractivity contribution in [3.63, 3.8) is 0 Å². The number of pyridine rings is 3. The Morgan fingerprint density at radius 2 is 0.835 bits per heavy atom. The zero-order chi connectivity index (χ0) is 59.4. The lowest BCUT2D eigenvalue weighted by molar-refractivity contribution is -0.146. The number of ether oxygens (including phenoxy) is 1. The Kier molecular flexibility index (Phi) is 13.9. The molecule has 0 bridgehead atoms. The van der Waals surface area contributed by atoms with Gasteiger partial charge in [-0.3, -0.25) is 18.0 Å². The van der Waals surface area contributed by atoms with Crippen LogP contribution >= 0.6 is 15.9 Å². The van der Waals surface area contributed by atoms with Gasteiger partial charge in [0.2, 0.25) is 0 Å². The fourth-order valence-electron chi connectivity index (χ4n) is 11.1. The van der Waals surface area contributed by atoms with E-state index in [0.717, 1.165) is 140 Å². The maximum atomic E-state index is 12.4. The Morgan fingerprint density at radius 1 is 0.482 bits per heavy atom. The zero-order valence-corrected chi connectivity index (χ0v) is 51.3.